The van der Waals surface area contributed by atoms with E-state index in [1.807, 2.05) is 48.5 Å². The molecule has 0 spiro atoms. The number of aliphatic hydroxyl groups excluding tert-OH is 1. The van der Waals surface area contributed by atoms with Crippen LogP contribution in [0.5, 0.6) is 11.5 Å². The van der Waals surface area contributed by atoms with Gasteiger partial charge in [0, 0.05) is 0 Å². The van der Waals surface area contributed by atoms with Gasteiger partial charge in [-0.1, -0.05) is 24.3 Å². The first-order chi connectivity index (χ1) is 9.76. The number of aliphatic hydroxyl groups is 1. The molecule has 0 radical (unpaired) electrons. The van der Waals surface area contributed by atoms with Crippen LogP contribution in [0.4, 0.5) is 0 Å². The Bertz CT molecular complexity index is 590. The zero-order valence-corrected chi connectivity index (χ0v) is 11.5. The first-order valence-corrected chi connectivity index (χ1v) is 6.85. The fourth-order valence-corrected chi connectivity index (χ4v) is 2.14. The quantitative estimate of drug-likeness (QED) is 0.905. The van der Waals surface area contributed by atoms with Crippen molar-refractivity contribution in [2.24, 2.45) is 0 Å². The summed E-state index contributed by atoms with van der Waals surface area (Å²) in [7, 11) is 1.62. The van der Waals surface area contributed by atoms with Gasteiger partial charge < -0.3 is 14.6 Å². The van der Waals surface area contributed by atoms with Gasteiger partial charge in [0.2, 0.25) is 0 Å². The molecule has 1 aliphatic rings. The van der Waals surface area contributed by atoms with Crippen molar-refractivity contribution in [2.75, 3.05) is 7.11 Å². The van der Waals surface area contributed by atoms with Crippen LogP contribution in [0.15, 0.2) is 48.5 Å². The minimum atomic E-state index is -0.673. The molecule has 0 aliphatic heterocycles. The molecule has 0 saturated heterocycles. The Hall–Kier alpha value is -2.00. The molecule has 1 atom stereocenters. The summed E-state index contributed by atoms with van der Waals surface area (Å²) >= 11 is 0. The average Bonchev–Trinajstić information content (AvgIpc) is 3.31. The molecule has 3 rings (SSSR count). The van der Waals surface area contributed by atoms with Crippen molar-refractivity contribution in [3.63, 3.8) is 0 Å². The van der Waals surface area contributed by atoms with Crippen LogP contribution in [0.3, 0.4) is 0 Å². The van der Waals surface area contributed by atoms with Gasteiger partial charge in [-0.25, -0.2) is 0 Å². The van der Waals surface area contributed by atoms with Gasteiger partial charge in [0.15, 0.2) is 0 Å². The van der Waals surface area contributed by atoms with E-state index in [1.165, 1.54) is 0 Å². The van der Waals surface area contributed by atoms with Crippen molar-refractivity contribution in [2.45, 2.75) is 25.0 Å². The summed E-state index contributed by atoms with van der Waals surface area (Å²) in [5.41, 5.74) is 1.64. The van der Waals surface area contributed by atoms with Crippen LogP contribution in [0.2, 0.25) is 0 Å². The van der Waals surface area contributed by atoms with Gasteiger partial charge in [-0.3, -0.25) is 0 Å². The van der Waals surface area contributed by atoms with Crippen LogP contribution >= 0.6 is 0 Å². The molecule has 1 aliphatic carbocycles. The van der Waals surface area contributed by atoms with Gasteiger partial charge in [-0.05, 0) is 48.2 Å². The largest absolute Gasteiger partial charge is 0.497 e. The molecule has 3 heteroatoms. The summed E-state index contributed by atoms with van der Waals surface area (Å²) in [5.74, 6) is 1.57. The van der Waals surface area contributed by atoms with E-state index in [-0.39, 0.29) is 0 Å². The number of ether oxygens (including phenoxy) is 2. The third-order valence-electron chi connectivity index (χ3n) is 3.41. The van der Waals surface area contributed by atoms with Crippen molar-refractivity contribution < 1.29 is 14.6 Å². The van der Waals surface area contributed by atoms with Crippen LogP contribution in [-0.2, 0) is 0 Å². The second kappa shape index (κ2) is 5.55. The summed E-state index contributed by atoms with van der Waals surface area (Å²) in [5, 5.41) is 10.5. The Kier molecular flexibility index (Phi) is 3.61. The van der Waals surface area contributed by atoms with Crippen LogP contribution in [0.1, 0.15) is 30.1 Å². The van der Waals surface area contributed by atoms with Crippen LogP contribution in [-0.4, -0.2) is 18.3 Å². The Morgan fingerprint density at radius 2 is 1.60 bits per heavy atom. The zero-order valence-electron chi connectivity index (χ0n) is 11.5. The average molecular weight is 270 g/mol. The summed E-state index contributed by atoms with van der Waals surface area (Å²) in [6, 6.07) is 15.1. The molecule has 1 fully saturated rings. The number of methoxy groups -OCH3 is 1. The van der Waals surface area contributed by atoms with Crippen LogP contribution in [0.25, 0.3) is 0 Å². The molecule has 0 heterocycles. The fourth-order valence-electron chi connectivity index (χ4n) is 2.14. The third-order valence-corrected chi connectivity index (χ3v) is 3.41. The minimum Gasteiger partial charge on any atom is -0.497 e. The van der Waals surface area contributed by atoms with E-state index in [2.05, 4.69) is 0 Å². The monoisotopic (exact) mass is 270 g/mol. The fraction of sp³-hybridized carbons (Fsp3) is 0.294. The predicted molar refractivity (Wildman–Crippen MR) is 77.1 cm³/mol. The topological polar surface area (TPSA) is 38.7 Å². The molecule has 3 nitrogen and oxygen atoms in total. The molecule has 104 valence electrons. The van der Waals surface area contributed by atoms with Crippen molar-refractivity contribution in [3.05, 3.63) is 59.7 Å². The van der Waals surface area contributed by atoms with E-state index >= 15 is 0 Å². The molecule has 1 N–H and O–H groups in total. The van der Waals surface area contributed by atoms with Gasteiger partial charge in [-0.2, -0.15) is 0 Å². The molecule has 0 bridgehead atoms. The number of benzene rings is 2. The highest BCUT2D eigenvalue weighted by atomic mass is 16.5. The van der Waals surface area contributed by atoms with Crippen molar-refractivity contribution in [3.8, 4) is 11.5 Å². The third kappa shape index (κ3) is 2.94. The summed E-state index contributed by atoms with van der Waals surface area (Å²) in [6.45, 7) is 0. The summed E-state index contributed by atoms with van der Waals surface area (Å²) in [6.07, 6.45) is 1.94. The van der Waals surface area contributed by atoms with Crippen molar-refractivity contribution in [1.82, 2.24) is 0 Å². The molecule has 2 aromatic carbocycles. The normalized spacial score (nSPS) is 15.7. The second-order valence-electron chi connectivity index (χ2n) is 5.07. The van der Waals surface area contributed by atoms with Gasteiger partial charge in [-0.15, -0.1) is 0 Å². The van der Waals surface area contributed by atoms with E-state index < -0.39 is 6.10 Å². The molecule has 1 unspecified atom stereocenters. The van der Waals surface area contributed by atoms with Crippen molar-refractivity contribution in [1.29, 1.82) is 0 Å². The first-order valence-electron chi connectivity index (χ1n) is 6.85. The Morgan fingerprint density at radius 1 is 1.00 bits per heavy atom. The summed E-state index contributed by atoms with van der Waals surface area (Å²) in [4.78, 5) is 0. The lowest BCUT2D eigenvalue weighted by atomic mass is 10.0. The Morgan fingerprint density at radius 3 is 2.20 bits per heavy atom. The lowest BCUT2D eigenvalue weighted by Crippen LogP contribution is -2.02. The molecular formula is C17H18O3. The van der Waals surface area contributed by atoms with E-state index in [0.29, 0.717) is 6.10 Å². The lowest BCUT2D eigenvalue weighted by molar-refractivity contribution is 0.218. The highest BCUT2D eigenvalue weighted by Gasteiger charge is 2.23. The molecule has 0 amide bonds. The number of hydrogen-bond donors (Lipinski definition) is 1. The van der Waals surface area contributed by atoms with Crippen molar-refractivity contribution >= 4 is 0 Å². The van der Waals surface area contributed by atoms with Gasteiger partial charge in [0.05, 0.1) is 13.2 Å². The first kappa shape index (κ1) is 13.0. The van der Waals surface area contributed by atoms with Gasteiger partial charge in [0.1, 0.15) is 17.6 Å². The van der Waals surface area contributed by atoms with E-state index in [4.69, 9.17) is 9.47 Å². The maximum atomic E-state index is 10.5. The van der Waals surface area contributed by atoms with Gasteiger partial charge in [0.25, 0.3) is 0 Å². The molecular weight excluding hydrogens is 252 g/mol. The highest BCUT2D eigenvalue weighted by Crippen LogP contribution is 2.30. The second-order valence-corrected chi connectivity index (χ2v) is 5.07. The predicted octanol–water partition coefficient (Wildman–Crippen LogP) is 3.32. The molecule has 1 saturated carbocycles. The molecule has 20 heavy (non-hydrogen) atoms. The van der Waals surface area contributed by atoms with E-state index in [9.17, 15) is 5.11 Å². The number of hydrogen-bond acceptors (Lipinski definition) is 3. The lowest BCUT2D eigenvalue weighted by Gasteiger charge is -2.14. The SMILES string of the molecule is COc1cccc(C(O)c2cccc(OC3CC3)c2)c1. The molecule has 2 aromatic rings. The van der Waals surface area contributed by atoms with E-state index in [0.717, 1.165) is 35.5 Å². The van der Waals surface area contributed by atoms with Crippen LogP contribution in [0, 0.1) is 0 Å². The zero-order chi connectivity index (χ0) is 13.9. The highest BCUT2D eigenvalue weighted by molar-refractivity contribution is 5.38. The molecule has 0 aromatic heterocycles. The van der Waals surface area contributed by atoms with E-state index in [1.54, 1.807) is 7.11 Å². The number of rotatable bonds is 5. The maximum absolute atomic E-state index is 10.5. The Balaban J connectivity index is 1.82. The summed E-state index contributed by atoms with van der Waals surface area (Å²) < 4.78 is 11.0. The smallest absolute Gasteiger partial charge is 0.120 e. The maximum Gasteiger partial charge on any atom is 0.120 e. The standard InChI is InChI=1S/C17H18O3/c1-19-15-6-2-4-12(10-15)17(18)13-5-3-7-16(11-13)20-14-8-9-14/h2-7,10-11,14,17-18H,8-9H2,1H3. The van der Waals surface area contributed by atoms with Crippen LogP contribution < -0.4 is 9.47 Å². The minimum absolute atomic E-state index is 0.360. The Labute approximate surface area is 118 Å². The van der Waals surface area contributed by atoms with Gasteiger partial charge >= 0.3 is 0 Å².